The van der Waals surface area contributed by atoms with E-state index >= 15 is 0 Å². The summed E-state index contributed by atoms with van der Waals surface area (Å²) in [5, 5.41) is 6.72. The Balaban J connectivity index is 1.99. The van der Waals surface area contributed by atoms with E-state index in [1.807, 2.05) is 6.92 Å². The molecule has 0 radical (unpaired) electrons. The van der Waals surface area contributed by atoms with E-state index in [0.29, 0.717) is 6.42 Å². The van der Waals surface area contributed by atoms with Crippen molar-refractivity contribution in [3.63, 3.8) is 0 Å². The van der Waals surface area contributed by atoms with Crippen molar-refractivity contribution >= 4 is 15.8 Å². The molecular formula is C20H40N4O3S. The molecule has 0 aromatic heterocycles. The zero-order valence-electron chi connectivity index (χ0n) is 18.0. The Hall–Kier alpha value is -0.860. The second-order valence-corrected chi connectivity index (χ2v) is 10.9. The highest BCUT2D eigenvalue weighted by molar-refractivity contribution is 7.90. The number of ether oxygens (including phenoxy) is 1. The fourth-order valence-electron chi connectivity index (χ4n) is 4.16. The molecule has 0 aromatic rings. The van der Waals surface area contributed by atoms with Crippen LogP contribution in [0.3, 0.4) is 0 Å². The van der Waals surface area contributed by atoms with Crippen LogP contribution in [0.5, 0.6) is 0 Å². The van der Waals surface area contributed by atoms with Gasteiger partial charge in [-0.3, -0.25) is 9.89 Å². The van der Waals surface area contributed by atoms with E-state index in [-0.39, 0.29) is 17.2 Å². The summed E-state index contributed by atoms with van der Waals surface area (Å²) in [5.74, 6) is 0.997. The smallest absolute Gasteiger partial charge is 0.191 e. The summed E-state index contributed by atoms with van der Waals surface area (Å²) in [6, 6.07) is 0.0640. The van der Waals surface area contributed by atoms with Crippen LogP contribution in [0.25, 0.3) is 0 Å². The van der Waals surface area contributed by atoms with E-state index < -0.39 is 9.84 Å². The normalized spacial score (nSPS) is 22.6. The first-order chi connectivity index (χ1) is 13.3. The number of hydrogen-bond acceptors (Lipinski definition) is 5. The first-order valence-corrected chi connectivity index (χ1v) is 12.9. The summed E-state index contributed by atoms with van der Waals surface area (Å²) < 4.78 is 28.4. The van der Waals surface area contributed by atoms with Gasteiger partial charge in [0.1, 0.15) is 9.84 Å². The zero-order chi connectivity index (χ0) is 20.5. The topological polar surface area (TPSA) is 83.0 Å². The second kappa shape index (κ2) is 11.4. The maximum absolute atomic E-state index is 11.4. The Bertz CT molecular complexity index is 582. The molecule has 7 nitrogen and oxygen atoms in total. The third-order valence-corrected chi connectivity index (χ3v) is 6.78. The molecule has 0 spiro atoms. The van der Waals surface area contributed by atoms with Crippen LogP contribution in [-0.2, 0) is 14.6 Å². The summed E-state index contributed by atoms with van der Waals surface area (Å²) >= 11 is 0. The molecule has 0 aromatic carbocycles. The maximum atomic E-state index is 11.4. The number of nitrogens with zero attached hydrogens (tertiary/aromatic N) is 2. The number of rotatable bonds is 9. The SMILES string of the molecule is CCNC(=NCC1(CN2CCOCC2)CCCCC1)NC(C)CCS(C)(=O)=O. The van der Waals surface area contributed by atoms with Gasteiger partial charge < -0.3 is 15.4 Å². The largest absolute Gasteiger partial charge is 0.379 e. The Labute approximate surface area is 171 Å². The summed E-state index contributed by atoms with van der Waals surface area (Å²) in [5.41, 5.74) is 0.244. The van der Waals surface area contributed by atoms with Gasteiger partial charge in [0.2, 0.25) is 0 Å². The van der Waals surface area contributed by atoms with Crippen molar-refractivity contribution in [3.05, 3.63) is 0 Å². The van der Waals surface area contributed by atoms with Crippen LogP contribution in [0.1, 0.15) is 52.4 Å². The van der Waals surface area contributed by atoms with Crippen molar-refractivity contribution in [3.8, 4) is 0 Å². The lowest BCUT2D eigenvalue weighted by atomic mass is 9.73. The van der Waals surface area contributed by atoms with E-state index in [1.54, 1.807) is 0 Å². The molecule has 2 N–H and O–H groups in total. The van der Waals surface area contributed by atoms with Gasteiger partial charge in [-0.1, -0.05) is 19.3 Å². The van der Waals surface area contributed by atoms with Crippen molar-refractivity contribution in [2.75, 3.05) is 57.9 Å². The van der Waals surface area contributed by atoms with Gasteiger partial charge in [-0.05, 0) is 33.1 Å². The van der Waals surface area contributed by atoms with Gasteiger partial charge in [-0.2, -0.15) is 0 Å². The van der Waals surface area contributed by atoms with Gasteiger partial charge in [0.15, 0.2) is 5.96 Å². The molecule has 0 amide bonds. The predicted molar refractivity (Wildman–Crippen MR) is 116 cm³/mol. The van der Waals surface area contributed by atoms with Crippen LogP contribution in [0, 0.1) is 5.41 Å². The number of nitrogens with one attached hydrogen (secondary N) is 2. The minimum Gasteiger partial charge on any atom is -0.379 e. The van der Waals surface area contributed by atoms with E-state index in [9.17, 15) is 8.42 Å². The lowest BCUT2D eigenvalue weighted by Crippen LogP contribution is -2.47. The third-order valence-electron chi connectivity index (χ3n) is 5.80. The first kappa shape index (κ1) is 23.4. The first-order valence-electron chi connectivity index (χ1n) is 10.8. The van der Waals surface area contributed by atoms with Gasteiger partial charge in [0.25, 0.3) is 0 Å². The Morgan fingerprint density at radius 1 is 1.21 bits per heavy atom. The van der Waals surface area contributed by atoms with Gasteiger partial charge in [0, 0.05) is 50.4 Å². The molecular weight excluding hydrogens is 376 g/mol. The minimum absolute atomic E-state index is 0.0640. The van der Waals surface area contributed by atoms with Crippen LogP contribution in [0.4, 0.5) is 0 Å². The van der Waals surface area contributed by atoms with E-state index in [1.165, 1.54) is 38.4 Å². The lowest BCUT2D eigenvalue weighted by Gasteiger charge is -2.41. The highest BCUT2D eigenvalue weighted by Crippen LogP contribution is 2.37. The highest BCUT2D eigenvalue weighted by atomic mass is 32.2. The molecule has 28 heavy (non-hydrogen) atoms. The van der Waals surface area contributed by atoms with Crippen LogP contribution >= 0.6 is 0 Å². The summed E-state index contributed by atoms with van der Waals surface area (Å²) in [4.78, 5) is 7.49. The quantitative estimate of drug-likeness (QED) is 0.439. The van der Waals surface area contributed by atoms with Gasteiger partial charge >= 0.3 is 0 Å². The number of aliphatic imine (C=N–C) groups is 1. The number of sulfone groups is 1. The fraction of sp³-hybridized carbons (Fsp3) is 0.950. The second-order valence-electron chi connectivity index (χ2n) is 8.61. The number of morpholine rings is 1. The molecule has 1 saturated carbocycles. The molecule has 1 unspecified atom stereocenters. The van der Waals surface area contributed by atoms with Gasteiger partial charge in [-0.15, -0.1) is 0 Å². The van der Waals surface area contributed by atoms with Gasteiger partial charge in [-0.25, -0.2) is 8.42 Å². The van der Waals surface area contributed by atoms with Crippen LogP contribution < -0.4 is 10.6 Å². The number of hydrogen-bond donors (Lipinski definition) is 2. The van der Waals surface area contributed by atoms with Crippen LogP contribution in [0.15, 0.2) is 4.99 Å². The molecule has 1 atom stereocenters. The maximum Gasteiger partial charge on any atom is 0.191 e. The summed E-state index contributed by atoms with van der Waals surface area (Å²) in [6.07, 6.45) is 8.24. The Kier molecular flexibility index (Phi) is 9.50. The monoisotopic (exact) mass is 416 g/mol. The van der Waals surface area contributed by atoms with E-state index in [2.05, 4.69) is 22.5 Å². The molecule has 1 aliphatic carbocycles. The average molecular weight is 417 g/mol. The van der Waals surface area contributed by atoms with Gasteiger partial charge in [0.05, 0.1) is 19.0 Å². The molecule has 2 rings (SSSR count). The van der Waals surface area contributed by atoms with Crippen molar-refractivity contribution in [1.82, 2.24) is 15.5 Å². The van der Waals surface area contributed by atoms with Crippen molar-refractivity contribution in [2.45, 2.75) is 58.4 Å². The molecule has 8 heteroatoms. The van der Waals surface area contributed by atoms with Crippen molar-refractivity contribution in [1.29, 1.82) is 0 Å². The molecule has 1 aliphatic heterocycles. The molecule has 2 aliphatic rings. The highest BCUT2D eigenvalue weighted by Gasteiger charge is 2.34. The Morgan fingerprint density at radius 2 is 1.89 bits per heavy atom. The summed E-state index contributed by atoms with van der Waals surface area (Å²) in [6.45, 7) is 10.5. The Morgan fingerprint density at radius 3 is 2.50 bits per heavy atom. The van der Waals surface area contributed by atoms with Crippen molar-refractivity contribution < 1.29 is 13.2 Å². The average Bonchev–Trinajstić information content (AvgIpc) is 2.66. The van der Waals surface area contributed by atoms with Crippen molar-refractivity contribution in [2.24, 2.45) is 10.4 Å². The zero-order valence-corrected chi connectivity index (χ0v) is 18.8. The minimum atomic E-state index is -2.94. The molecule has 1 heterocycles. The molecule has 2 fully saturated rings. The predicted octanol–water partition coefficient (Wildman–Crippen LogP) is 1.65. The van der Waals surface area contributed by atoms with Crippen LogP contribution in [0.2, 0.25) is 0 Å². The number of guanidine groups is 1. The molecule has 1 saturated heterocycles. The standard InChI is InChI=1S/C20H40N4O3S/c1-4-21-19(23-18(2)8-15-28(3,25)26)22-16-20(9-6-5-7-10-20)17-24-11-13-27-14-12-24/h18H,4-17H2,1-3H3,(H2,21,22,23). The van der Waals surface area contributed by atoms with E-state index in [0.717, 1.165) is 51.9 Å². The third kappa shape index (κ3) is 8.66. The fourth-order valence-corrected chi connectivity index (χ4v) is 4.95. The molecule has 0 bridgehead atoms. The van der Waals surface area contributed by atoms with Crippen LogP contribution in [-0.4, -0.2) is 83.3 Å². The summed E-state index contributed by atoms with van der Waals surface area (Å²) in [7, 11) is -2.94. The lowest BCUT2D eigenvalue weighted by molar-refractivity contribution is 0.00937. The van der Waals surface area contributed by atoms with E-state index in [4.69, 9.17) is 9.73 Å². The molecule has 164 valence electrons.